The minimum absolute atomic E-state index is 0.0350. The second-order valence-corrected chi connectivity index (χ2v) is 4.80. The van der Waals surface area contributed by atoms with Crippen molar-refractivity contribution in [2.24, 2.45) is 0 Å². The number of piperazine rings is 1. The normalized spacial score (nSPS) is 19.6. The molecule has 0 saturated carbocycles. The number of fused-ring (bicyclic) bond motifs is 1. The van der Waals surface area contributed by atoms with Gasteiger partial charge >= 0.3 is 0 Å². The number of carbonyl (C=O) groups is 1. The molecule has 0 spiro atoms. The molecule has 1 amide bonds. The Morgan fingerprint density at radius 1 is 1.37 bits per heavy atom. The smallest absolute Gasteiger partial charge is 0.274 e. The molecule has 0 bridgehead atoms. The van der Waals surface area contributed by atoms with Gasteiger partial charge in [-0.3, -0.25) is 9.78 Å². The number of carbonyl (C=O) groups excluding carboxylic acids is 1. The first-order chi connectivity index (χ1) is 9.25. The maximum atomic E-state index is 12.4. The Hall–Kier alpha value is -2.01. The molecule has 5 nitrogen and oxygen atoms in total. The predicted molar refractivity (Wildman–Crippen MR) is 72.9 cm³/mol. The molecular weight excluding hydrogens is 240 g/mol. The molecule has 1 aromatic heterocycles. The standard InChI is InChI=1S/C14H16N4O/c1-10-8-15-6-7-18(10)14(19)13-9-16-11-4-2-3-5-12(11)17-13/h2-5,9-10,15H,6-8H2,1H3/t10-/m0/s1. The SMILES string of the molecule is C[C@H]1CNCCN1C(=O)c1cnc2ccccc2n1. The number of amides is 1. The van der Waals surface area contributed by atoms with E-state index in [1.54, 1.807) is 6.20 Å². The fraction of sp³-hybridized carbons (Fsp3) is 0.357. The first kappa shape index (κ1) is 12.0. The lowest BCUT2D eigenvalue weighted by Crippen LogP contribution is -2.52. The lowest BCUT2D eigenvalue weighted by Gasteiger charge is -2.33. The number of rotatable bonds is 1. The average molecular weight is 256 g/mol. The molecule has 1 atom stereocenters. The molecule has 2 heterocycles. The van der Waals surface area contributed by atoms with Gasteiger partial charge in [0.2, 0.25) is 0 Å². The first-order valence-electron chi connectivity index (χ1n) is 6.49. The number of nitrogens with zero attached hydrogens (tertiary/aromatic N) is 3. The third-order valence-corrected chi connectivity index (χ3v) is 3.43. The van der Waals surface area contributed by atoms with E-state index in [9.17, 15) is 4.79 Å². The Bertz CT molecular complexity index is 613. The molecule has 1 aliphatic heterocycles. The lowest BCUT2D eigenvalue weighted by atomic mass is 10.2. The molecule has 0 radical (unpaired) electrons. The van der Waals surface area contributed by atoms with E-state index in [-0.39, 0.29) is 11.9 Å². The van der Waals surface area contributed by atoms with Crippen LogP contribution in [-0.4, -0.2) is 46.5 Å². The molecule has 1 N–H and O–H groups in total. The van der Waals surface area contributed by atoms with Gasteiger partial charge in [-0.05, 0) is 19.1 Å². The van der Waals surface area contributed by atoms with Crippen molar-refractivity contribution < 1.29 is 4.79 Å². The van der Waals surface area contributed by atoms with E-state index in [0.29, 0.717) is 12.2 Å². The molecule has 5 heteroatoms. The highest BCUT2D eigenvalue weighted by Crippen LogP contribution is 2.12. The molecule has 0 unspecified atom stereocenters. The zero-order valence-corrected chi connectivity index (χ0v) is 10.8. The molecule has 1 saturated heterocycles. The molecule has 1 aliphatic rings. The van der Waals surface area contributed by atoms with Crippen LogP contribution in [0.5, 0.6) is 0 Å². The summed E-state index contributed by atoms with van der Waals surface area (Å²) >= 11 is 0. The van der Waals surface area contributed by atoms with Crippen LogP contribution in [0, 0.1) is 0 Å². The Morgan fingerprint density at radius 3 is 2.95 bits per heavy atom. The second kappa shape index (κ2) is 4.93. The zero-order valence-electron chi connectivity index (χ0n) is 10.8. The van der Waals surface area contributed by atoms with Crippen LogP contribution in [0.3, 0.4) is 0 Å². The van der Waals surface area contributed by atoms with Gasteiger partial charge in [-0.1, -0.05) is 12.1 Å². The Morgan fingerprint density at radius 2 is 2.16 bits per heavy atom. The monoisotopic (exact) mass is 256 g/mol. The summed E-state index contributed by atoms with van der Waals surface area (Å²) in [7, 11) is 0. The third kappa shape index (κ3) is 2.29. The van der Waals surface area contributed by atoms with Gasteiger partial charge in [0.05, 0.1) is 17.2 Å². The van der Waals surface area contributed by atoms with Crippen LogP contribution in [0.1, 0.15) is 17.4 Å². The minimum Gasteiger partial charge on any atom is -0.332 e. The first-order valence-corrected chi connectivity index (χ1v) is 6.49. The summed E-state index contributed by atoms with van der Waals surface area (Å²) in [6, 6.07) is 7.77. The van der Waals surface area contributed by atoms with Crippen molar-refractivity contribution in [1.82, 2.24) is 20.2 Å². The Balaban J connectivity index is 1.92. The van der Waals surface area contributed by atoms with Crippen molar-refractivity contribution in [3.63, 3.8) is 0 Å². The molecule has 1 fully saturated rings. The van der Waals surface area contributed by atoms with Crippen molar-refractivity contribution in [3.05, 3.63) is 36.2 Å². The Kier molecular flexibility index (Phi) is 3.13. The highest BCUT2D eigenvalue weighted by atomic mass is 16.2. The van der Waals surface area contributed by atoms with Gasteiger partial charge in [-0.2, -0.15) is 0 Å². The van der Waals surface area contributed by atoms with Gasteiger partial charge in [0.1, 0.15) is 5.69 Å². The van der Waals surface area contributed by atoms with Gasteiger partial charge in [0.15, 0.2) is 0 Å². The van der Waals surface area contributed by atoms with Crippen molar-refractivity contribution in [1.29, 1.82) is 0 Å². The Labute approximate surface area is 111 Å². The molecule has 19 heavy (non-hydrogen) atoms. The van der Waals surface area contributed by atoms with Crippen LogP contribution < -0.4 is 5.32 Å². The molecular formula is C14H16N4O. The van der Waals surface area contributed by atoms with Crippen LogP contribution in [0.15, 0.2) is 30.5 Å². The molecule has 98 valence electrons. The van der Waals surface area contributed by atoms with Crippen molar-refractivity contribution in [2.75, 3.05) is 19.6 Å². The number of hydrogen-bond acceptors (Lipinski definition) is 4. The van der Waals surface area contributed by atoms with Gasteiger partial charge in [0.25, 0.3) is 5.91 Å². The minimum atomic E-state index is -0.0350. The van der Waals surface area contributed by atoms with E-state index >= 15 is 0 Å². The van der Waals surface area contributed by atoms with Crippen molar-refractivity contribution in [2.45, 2.75) is 13.0 Å². The van der Waals surface area contributed by atoms with Crippen LogP contribution in [-0.2, 0) is 0 Å². The molecule has 1 aromatic carbocycles. The summed E-state index contributed by atoms with van der Waals surface area (Å²) in [5.74, 6) is -0.0350. The molecule has 3 rings (SSSR count). The molecule has 2 aromatic rings. The predicted octanol–water partition coefficient (Wildman–Crippen LogP) is 1.06. The maximum absolute atomic E-state index is 12.4. The number of para-hydroxylation sites is 2. The van der Waals surface area contributed by atoms with Crippen LogP contribution in [0.2, 0.25) is 0 Å². The van der Waals surface area contributed by atoms with E-state index in [1.807, 2.05) is 36.1 Å². The van der Waals surface area contributed by atoms with E-state index in [1.165, 1.54) is 0 Å². The fourth-order valence-electron chi connectivity index (χ4n) is 2.35. The van der Waals surface area contributed by atoms with E-state index in [2.05, 4.69) is 15.3 Å². The average Bonchev–Trinajstić information content (AvgIpc) is 2.46. The highest BCUT2D eigenvalue weighted by Gasteiger charge is 2.25. The lowest BCUT2D eigenvalue weighted by molar-refractivity contribution is 0.0649. The van der Waals surface area contributed by atoms with E-state index < -0.39 is 0 Å². The quantitative estimate of drug-likeness (QED) is 0.829. The number of nitrogens with one attached hydrogen (secondary N) is 1. The number of hydrogen-bond donors (Lipinski definition) is 1. The third-order valence-electron chi connectivity index (χ3n) is 3.43. The number of aromatic nitrogens is 2. The summed E-state index contributed by atoms with van der Waals surface area (Å²) in [5, 5.41) is 3.27. The number of benzene rings is 1. The fourth-order valence-corrected chi connectivity index (χ4v) is 2.35. The van der Waals surface area contributed by atoms with E-state index in [0.717, 1.165) is 24.1 Å². The zero-order chi connectivity index (χ0) is 13.2. The summed E-state index contributed by atoms with van der Waals surface area (Å²) in [4.78, 5) is 23.0. The summed E-state index contributed by atoms with van der Waals surface area (Å²) in [6.07, 6.45) is 1.57. The van der Waals surface area contributed by atoms with Crippen LogP contribution >= 0.6 is 0 Å². The van der Waals surface area contributed by atoms with Crippen LogP contribution in [0.25, 0.3) is 11.0 Å². The largest absolute Gasteiger partial charge is 0.332 e. The van der Waals surface area contributed by atoms with E-state index in [4.69, 9.17) is 0 Å². The summed E-state index contributed by atoms with van der Waals surface area (Å²) in [5.41, 5.74) is 2.00. The van der Waals surface area contributed by atoms with Crippen molar-refractivity contribution in [3.8, 4) is 0 Å². The molecule has 0 aliphatic carbocycles. The van der Waals surface area contributed by atoms with Gasteiger partial charge < -0.3 is 10.2 Å². The van der Waals surface area contributed by atoms with Crippen LogP contribution in [0.4, 0.5) is 0 Å². The highest BCUT2D eigenvalue weighted by molar-refractivity contribution is 5.94. The van der Waals surface area contributed by atoms with Gasteiger partial charge in [0, 0.05) is 25.7 Å². The second-order valence-electron chi connectivity index (χ2n) is 4.80. The summed E-state index contributed by atoms with van der Waals surface area (Å²) in [6.45, 7) is 4.41. The maximum Gasteiger partial charge on any atom is 0.274 e. The van der Waals surface area contributed by atoms with Gasteiger partial charge in [-0.25, -0.2) is 4.98 Å². The van der Waals surface area contributed by atoms with Crippen molar-refractivity contribution >= 4 is 16.9 Å². The van der Waals surface area contributed by atoms with Gasteiger partial charge in [-0.15, -0.1) is 0 Å². The summed E-state index contributed by atoms with van der Waals surface area (Å²) < 4.78 is 0. The topological polar surface area (TPSA) is 58.1 Å².